The molecule has 0 amide bonds. The summed E-state index contributed by atoms with van der Waals surface area (Å²) in [6, 6.07) is 3.61. The zero-order valence-electron chi connectivity index (χ0n) is 9.30. The number of aromatic nitrogens is 3. The molecular formula is C11H12IN3O2. The second-order valence-corrected chi connectivity index (χ2v) is 5.02. The molecule has 2 heterocycles. The highest BCUT2D eigenvalue weighted by atomic mass is 127. The van der Waals surface area contributed by atoms with Gasteiger partial charge >= 0.3 is 5.97 Å². The van der Waals surface area contributed by atoms with E-state index in [2.05, 4.69) is 27.7 Å². The van der Waals surface area contributed by atoms with Crippen molar-refractivity contribution in [3.05, 3.63) is 39.5 Å². The van der Waals surface area contributed by atoms with Gasteiger partial charge in [-0.05, 0) is 34.7 Å². The number of aromatic carboxylic acids is 1. The topological polar surface area (TPSA) is 60.0 Å². The van der Waals surface area contributed by atoms with Crippen molar-refractivity contribution in [3.8, 4) is 0 Å². The number of hydrogen-bond donors (Lipinski definition) is 1. The quantitative estimate of drug-likeness (QED) is 0.860. The largest absolute Gasteiger partial charge is 0.477 e. The second-order valence-electron chi connectivity index (χ2n) is 3.77. The van der Waals surface area contributed by atoms with Crippen LogP contribution in [0.2, 0.25) is 0 Å². The average Bonchev–Trinajstić information content (AvgIpc) is 2.82. The first-order valence-corrected chi connectivity index (χ1v) is 6.21. The van der Waals surface area contributed by atoms with Crippen LogP contribution in [0.15, 0.2) is 24.5 Å². The van der Waals surface area contributed by atoms with Gasteiger partial charge in [0.05, 0.1) is 5.69 Å². The Morgan fingerprint density at radius 2 is 2.35 bits per heavy atom. The number of rotatable bonds is 4. The number of halogens is 1. The van der Waals surface area contributed by atoms with Crippen LogP contribution in [0.4, 0.5) is 0 Å². The van der Waals surface area contributed by atoms with Gasteiger partial charge in [0.1, 0.15) is 5.69 Å². The van der Waals surface area contributed by atoms with Gasteiger partial charge in [0.2, 0.25) is 0 Å². The zero-order chi connectivity index (χ0) is 12.4. The van der Waals surface area contributed by atoms with Crippen molar-refractivity contribution in [1.82, 2.24) is 14.3 Å². The van der Waals surface area contributed by atoms with Gasteiger partial charge in [0, 0.05) is 36.0 Å². The SMILES string of the molecule is Cn1ccc(CCn2cc(I)cc2C(=O)O)n1. The highest BCUT2D eigenvalue weighted by molar-refractivity contribution is 14.1. The van der Waals surface area contributed by atoms with E-state index in [1.807, 2.05) is 25.5 Å². The molecule has 0 spiro atoms. The van der Waals surface area contributed by atoms with E-state index in [9.17, 15) is 4.79 Å². The van der Waals surface area contributed by atoms with Gasteiger partial charge in [-0.3, -0.25) is 4.68 Å². The molecule has 0 fully saturated rings. The number of aryl methyl sites for hydroxylation is 3. The van der Waals surface area contributed by atoms with Gasteiger partial charge in [0.25, 0.3) is 0 Å². The minimum Gasteiger partial charge on any atom is -0.477 e. The van der Waals surface area contributed by atoms with Crippen molar-refractivity contribution in [2.45, 2.75) is 13.0 Å². The van der Waals surface area contributed by atoms with Crippen molar-refractivity contribution in [1.29, 1.82) is 0 Å². The Morgan fingerprint density at radius 1 is 1.59 bits per heavy atom. The number of nitrogens with zero attached hydrogens (tertiary/aromatic N) is 3. The van der Waals surface area contributed by atoms with Crippen LogP contribution in [-0.4, -0.2) is 25.4 Å². The van der Waals surface area contributed by atoms with E-state index < -0.39 is 5.97 Å². The van der Waals surface area contributed by atoms with Crippen LogP contribution >= 0.6 is 22.6 Å². The van der Waals surface area contributed by atoms with Crippen LogP contribution in [0.3, 0.4) is 0 Å². The van der Waals surface area contributed by atoms with Gasteiger partial charge in [-0.25, -0.2) is 4.79 Å². The van der Waals surface area contributed by atoms with Gasteiger partial charge in [-0.1, -0.05) is 0 Å². The summed E-state index contributed by atoms with van der Waals surface area (Å²) in [5.41, 5.74) is 1.29. The Bertz CT molecular complexity index is 545. The first-order chi connectivity index (χ1) is 8.06. The van der Waals surface area contributed by atoms with Crippen LogP contribution in [0.1, 0.15) is 16.2 Å². The molecule has 0 atom stereocenters. The summed E-state index contributed by atoms with van der Waals surface area (Å²) in [7, 11) is 1.87. The molecular weight excluding hydrogens is 333 g/mol. The zero-order valence-corrected chi connectivity index (χ0v) is 11.5. The predicted molar refractivity (Wildman–Crippen MR) is 71.0 cm³/mol. The predicted octanol–water partition coefficient (Wildman–Crippen LogP) is 1.77. The van der Waals surface area contributed by atoms with Crippen LogP contribution < -0.4 is 0 Å². The molecule has 90 valence electrons. The second kappa shape index (κ2) is 4.91. The Balaban J connectivity index is 2.11. The lowest BCUT2D eigenvalue weighted by molar-refractivity contribution is 0.0685. The van der Waals surface area contributed by atoms with Crippen LogP contribution in [0.25, 0.3) is 0 Å². The first kappa shape index (κ1) is 12.2. The normalized spacial score (nSPS) is 10.7. The van der Waals surface area contributed by atoms with Crippen molar-refractivity contribution < 1.29 is 9.90 Å². The van der Waals surface area contributed by atoms with Crippen LogP contribution in [0.5, 0.6) is 0 Å². The van der Waals surface area contributed by atoms with Gasteiger partial charge < -0.3 is 9.67 Å². The molecule has 0 unspecified atom stereocenters. The van der Waals surface area contributed by atoms with Crippen molar-refractivity contribution in [2.75, 3.05) is 0 Å². The molecule has 2 rings (SSSR count). The fourth-order valence-corrected chi connectivity index (χ4v) is 2.30. The minimum atomic E-state index is -0.895. The van der Waals surface area contributed by atoms with E-state index in [0.717, 1.165) is 15.7 Å². The molecule has 17 heavy (non-hydrogen) atoms. The summed E-state index contributed by atoms with van der Waals surface area (Å²) < 4.78 is 4.42. The summed E-state index contributed by atoms with van der Waals surface area (Å²) in [6.45, 7) is 0.627. The van der Waals surface area contributed by atoms with Crippen molar-refractivity contribution in [3.63, 3.8) is 0 Å². The summed E-state index contributed by atoms with van der Waals surface area (Å²) in [6.07, 6.45) is 4.45. The molecule has 0 aliphatic heterocycles. The summed E-state index contributed by atoms with van der Waals surface area (Å²) in [5, 5.41) is 13.3. The number of carbonyl (C=O) groups is 1. The minimum absolute atomic E-state index is 0.324. The van der Waals surface area contributed by atoms with Crippen molar-refractivity contribution in [2.24, 2.45) is 7.05 Å². The summed E-state index contributed by atoms with van der Waals surface area (Å²) >= 11 is 2.11. The maximum Gasteiger partial charge on any atom is 0.352 e. The number of carboxylic acids is 1. The maximum absolute atomic E-state index is 11.0. The van der Waals surface area contributed by atoms with E-state index in [1.54, 1.807) is 15.3 Å². The Hall–Kier alpha value is -1.31. The Labute approximate surface area is 112 Å². The third-order valence-electron chi connectivity index (χ3n) is 2.46. The molecule has 2 aromatic heterocycles. The first-order valence-electron chi connectivity index (χ1n) is 5.14. The third kappa shape index (κ3) is 2.87. The summed E-state index contributed by atoms with van der Waals surface area (Å²) in [4.78, 5) is 11.0. The molecule has 0 aliphatic carbocycles. The van der Waals surface area contributed by atoms with Gasteiger partial charge in [0.15, 0.2) is 0 Å². The third-order valence-corrected chi connectivity index (χ3v) is 3.05. The molecule has 1 N–H and O–H groups in total. The van der Waals surface area contributed by atoms with Gasteiger partial charge in [-0.2, -0.15) is 5.10 Å². The van der Waals surface area contributed by atoms with E-state index in [-0.39, 0.29) is 0 Å². The van der Waals surface area contributed by atoms with E-state index in [0.29, 0.717) is 12.2 Å². The lowest BCUT2D eigenvalue weighted by Gasteiger charge is -2.04. The molecule has 0 aromatic carbocycles. The molecule has 0 radical (unpaired) electrons. The Morgan fingerprint density at radius 3 is 2.94 bits per heavy atom. The van der Waals surface area contributed by atoms with E-state index in [4.69, 9.17) is 5.11 Å². The lowest BCUT2D eigenvalue weighted by atomic mass is 10.3. The lowest BCUT2D eigenvalue weighted by Crippen LogP contribution is -2.09. The Kier molecular flexibility index (Phi) is 3.51. The van der Waals surface area contributed by atoms with Crippen LogP contribution in [0, 0.1) is 3.57 Å². The summed E-state index contributed by atoms with van der Waals surface area (Å²) in [5.74, 6) is -0.895. The van der Waals surface area contributed by atoms with Gasteiger partial charge in [-0.15, -0.1) is 0 Å². The fraction of sp³-hybridized carbons (Fsp3) is 0.273. The highest BCUT2D eigenvalue weighted by Gasteiger charge is 2.11. The molecule has 2 aromatic rings. The fourth-order valence-electron chi connectivity index (χ4n) is 1.67. The highest BCUT2D eigenvalue weighted by Crippen LogP contribution is 2.12. The molecule has 0 aliphatic rings. The molecule has 0 saturated carbocycles. The monoisotopic (exact) mass is 345 g/mol. The molecule has 0 saturated heterocycles. The van der Waals surface area contributed by atoms with Crippen molar-refractivity contribution >= 4 is 28.6 Å². The number of carboxylic acid groups (broad SMARTS) is 1. The maximum atomic E-state index is 11.0. The molecule has 6 heteroatoms. The standard InChI is InChI=1S/C11H12IN3O2/c1-14-4-2-9(13-14)3-5-15-7-8(12)6-10(15)11(16)17/h2,4,6-7H,3,5H2,1H3,(H,16,17). The van der Waals surface area contributed by atoms with E-state index in [1.165, 1.54) is 0 Å². The molecule has 5 nitrogen and oxygen atoms in total. The smallest absolute Gasteiger partial charge is 0.352 e. The number of hydrogen-bond acceptors (Lipinski definition) is 2. The van der Waals surface area contributed by atoms with Crippen LogP contribution in [-0.2, 0) is 20.0 Å². The van der Waals surface area contributed by atoms with E-state index >= 15 is 0 Å². The average molecular weight is 345 g/mol. The molecule has 0 bridgehead atoms.